The van der Waals surface area contributed by atoms with Crippen LogP contribution < -0.4 is 0 Å². The maximum absolute atomic E-state index is 16.0. The lowest BCUT2D eigenvalue weighted by molar-refractivity contribution is 0.483. The number of hydrogen-bond acceptors (Lipinski definition) is 0. The van der Waals surface area contributed by atoms with Gasteiger partial charge >= 0.3 is 0 Å². The van der Waals surface area contributed by atoms with Gasteiger partial charge in [-0.25, -0.2) is 8.78 Å². The van der Waals surface area contributed by atoms with E-state index in [1.165, 1.54) is 11.1 Å². The largest absolute Gasteiger partial charge is 0.206 e. The molecule has 2 aromatic carbocycles. The molecule has 2 heteroatoms. The molecule has 0 spiro atoms. The van der Waals surface area contributed by atoms with Gasteiger partial charge in [0, 0.05) is 5.56 Å². The van der Waals surface area contributed by atoms with Crippen LogP contribution >= 0.6 is 0 Å². The van der Waals surface area contributed by atoms with Crippen LogP contribution in [0.4, 0.5) is 8.78 Å². The second-order valence-corrected chi connectivity index (χ2v) is 9.42. The molecule has 152 valence electrons. The highest BCUT2D eigenvalue weighted by molar-refractivity contribution is 5.80. The summed E-state index contributed by atoms with van der Waals surface area (Å²) in [5, 5.41) is 0. The molecule has 0 nitrogen and oxygen atoms in total. The van der Waals surface area contributed by atoms with Gasteiger partial charge in [-0.1, -0.05) is 41.5 Å². The first kappa shape index (κ1) is 21.0. The first-order valence-electron chi connectivity index (χ1n) is 10.6. The molecule has 0 aliphatic heterocycles. The van der Waals surface area contributed by atoms with Gasteiger partial charge < -0.3 is 0 Å². The van der Waals surface area contributed by atoms with E-state index in [1.54, 1.807) is 6.92 Å². The van der Waals surface area contributed by atoms with E-state index in [1.807, 2.05) is 13.8 Å². The van der Waals surface area contributed by atoms with Crippen LogP contribution in [0.5, 0.6) is 0 Å². The second-order valence-electron chi connectivity index (χ2n) is 9.42. The summed E-state index contributed by atoms with van der Waals surface area (Å²) in [5.74, 6) is 0.613. The Morgan fingerprint density at radius 2 is 1.07 bits per heavy atom. The highest BCUT2D eigenvalue weighted by atomic mass is 19.1. The molecule has 28 heavy (non-hydrogen) atoms. The van der Waals surface area contributed by atoms with Crippen LogP contribution in [-0.2, 0) is 0 Å². The fraction of sp³-hybridized carbons (Fsp3) is 0.538. The molecule has 3 rings (SSSR count). The number of rotatable bonds is 3. The zero-order valence-electron chi connectivity index (χ0n) is 19.1. The first-order valence-corrected chi connectivity index (χ1v) is 10.6. The summed E-state index contributed by atoms with van der Waals surface area (Å²) < 4.78 is 31.3. The van der Waals surface area contributed by atoms with Crippen molar-refractivity contribution in [3.05, 3.63) is 56.1 Å². The van der Waals surface area contributed by atoms with Crippen molar-refractivity contribution in [3.63, 3.8) is 0 Å². The third kappa shape index (κ3) is 2.67. The Morgan fingerprint density at radius 3 is 1.57 bits per heavy atom. The van der Waals surface area contributed by atoms with E-state index in [0.717, 1.165) is 27.8 Å². The Kier molecular flexibility index (Phi) is 5.23. The molecule has 1 aliphatic carbocycles. The third-order valence-electron chi connectivity index (χ3n) is 7.11. The average Bonchev–Trinajstić information content (AvgIpc) is 2.60. The van der Waals surface area contributed by atoms with Crippen molar-refractivity contribution in [1.82, 2.24) is 0 Å². The Bertz CT molecular complexity index is 964. The smallest absolute Gasteiger partial charge is 0.135 e. The second kappa shape index (κ2) is 6.97. The van der Waals surface area contributed by atoms with Crippen LogP contribution in [-0.4, -0.2) is 0 Å². The Balaban J connectivity index is 2.52. The molecule has 0 heterocycles. The normalized spacial score (nSPS) is 18.6. The minimum atomic E-state index is -0.194. The summed E-state index contributed by atoms with van der Waals surface area (Å²) in [4.78, 5) is 0. The number of fused-ring (bicyclic) bond motifs is 1. The lowest BCUT2D eigenvalue weighted by atomic mass is 9.64. The Hall–Kier alpha value is -1.70. The summed E-state index contributed by atoms with van der Waals surface area (Å²) >= 11 is 0. The molecule has 1 aliphatic rings. The molecular formula is C26H34F2. The van der Waals surface area contributed by atoms with Crippen molar-refractivity contribution < 1.29 is 8.78 Å². The lowest BCUT2D eigenvalue weighted by Crippen LogP contribution is -2.25. The standard InChI is InChI=1S/C26H34F2/c1-11(2)19-15(7)22(18(10)25(27)17(19)9)24-20(12(3)4)16(8)21-13(5)14(6)23(21)26(24)28/h11-14H,1-10H3. The van der Waals surface area contributed by atoms with E-state index in [4.69, 9.17) is 0 Å². The van der Waals surface area contributed by atoms with Crippen molar-refractivity contribution >= 4 is 0 Å². The van der Waals surface area contributed by atoms with Crippen LogP contribution in [0.2, 0.25) is 0 Å². The van der Waals surface area contributed by atoms with Crippen molar-refractivity contribution in [1.29, 1.82) is 0 Å². The van der Waals surface area contributed by atoms with Gasteiger partial charge in [-0.2, -0.15) is 0 Å². The molecule has 2 aromatic rings. The van der Waals surface area contributed by atoms with Crippen LogP contribution in [0.25, 0.3) is 11.1 Å². The summed E-state index contributed by atoms with van der Waals surface area (Å²) in [7, 11) is 0. The lowest BCUT2D eigenvalue weighted by Gasteiger charge is -2.40. The molecule has 0 fully saturated rings. The molecular weight excluding hydrogens is 350 g/mol. The van der Waals surface area contributed by atoms with Gasteiger partial charge in [0.2, 0.25) is 0 Å². The van der Waals surface area contributed by atoms with Crippen molar-refractivity contribution in [3.8, 4) is 11.1 Å². The minimum Gasteiger partial charge on any atom is -0.206 e. The third-order valence-corrected chi connectivity index (χ3v) is 7.11. The van der Waals surface area contributed by atoms with Gasteiger partial charge in [0.15, 0.2) is 0 Å². The predicted molar refractivity (Wildman–Crippen MR) is 116 cm³/mol. The minimum absolute atomic E-state index is 0.126. The molecule has 0 radical (unpaired) electrons. The molecule has 0 saturated heterocycles. The van der Waals surface area contributed by atoms with E-state index in [-0.39, 0.29) is 29.4 Å². The van der Waals surface area contributed by atoms with E-state index in [2.05, 4.69) is 48.5 Å². The van der Waals surface area contributed by atoms with E-state index in [0.29, 0.717) is 22.6 Å². The Labute approximate surface area is 169 Å². The fourth-order valence-corrected chi connectivity index (χ4v) is 5.75. The summed E-state index contributed by atoms with van der Waals surface area (Å²) in [5.41, 5.74) is 8.95. The van der Waals surface area contributed by atoms with E-state index in [9.17, 15) is 0 Å². The quantitative estimate of drug-likeness (QED) is 0.499. The van der Waals surface area contributed by atoms with Gasteiger partial charge in [0.05, 0.1) is 0 Å². The maximum atomic E-state index is 16.0. The predicted octanol–water partition coefficient (Wildman–Crippen LogP) is 8.33. The van der Waals surface area contributed by atoms with Crippen LogP contribution in [0.15, 0.2) is 0 Å². The number of halogens is 2. The maximum Gasteiger partial charge on any atom is 0.135 e. The molecule has 0 amide bonds. The zero-order chi connectivity index (χ0) is 21.2. The topological polar surface area (TPSA) is 0 Å². The van der Waals surface area contributed by atoms with Gasteiger partial charge in [-0.3, -0.25) is 0 Å². The van der Waals surface area contributed by atoms with Crippen LogP contribution in [0.3, 0.4) is 0 Å². The summed E-state index contributed by atoms with van der Waals surface area (Å²) in [6, 6.07) is 0. The molecule has 0 aromatic heterocycles. The zero-order valence-corrected chi connectivity index (χ0v) is 19.1. The van der Waals surface area contributed by atoms with E-state index >= 15 is 8.78 Å². The summed E-state index contributed by atoms with van der Waals surface area (Å²) in [6.07, 6.45) is 0. The average molecular weight is 385 g/mol. The molecule has 2 atom stereocenters. The highest BCUT2D eigenvalue weighted by Gasteiger charge is 2.39. The van der Waals surface area contributed by atoms with Crippen LogP contribution in [0.1, 0.15) is 110 Å². The van der Waals surface area contributed by atoms with Crippen LogP contribution in [0, 0.1) is 39.3 Å². The van der Waals surface area contributed by atoms with Gasteiger partial charge in [0.25, 0.3) is 0 Å². The SMILES string of the molecule is Cc1c(F)c(C)c(C(C)C)c(C)c1-c1c(F)c2c(c(C)c1C(C)C)C(C)C2C. The van der Waals surface area contributed by atoms with E-state index < -0.39 is 0 Å². The molecule has 0 bridgehead atoms. The molecule has 2 unspecified atom stereocenters. The molecule has 0 saturated carbocycles. The monoisotopic (exact) mass is 384 g/mol. The fourth-order valence-electron chi connectivity index (χ4n) is 5.75. The summed E-state index contributed by atoms with van der Waals surface area (Å²) in [6.45, 7) is 20.5. The number of benzene rings is 2. The van der Waals surface area contributed by atoms with Gasteiger partial charge in [0.1, 0.15) is 11.6 Å². The van der Waals surface area contributed by atoms with Gasteiger partial charge in [-0.15, -0.1) is 0 Å². The molecule has 0 N–H and O–H groups in total. The van der Waals surface area contributed by atoms with Crippen molar-refractivity contribution in [2.45, 2.75) is 92.9 Å². The first-order chi connectivity index (χ1) is 12.9. The highest BCUT2D eigenvalue weighted by Crippen LogP contribution is 2.54. The van der Waals surface area contributed by atoms with Gasteiger partial charge in [-0.05, 0) is 101 Å². The number of hydrogen-bond donors (Lipinski definition) is 0. The van der Waals surface area contributed by atoms with Crippen molar-refractivity contribution in [2.75, 3.05) is 0 Å². The van der Waals surface area contributed by atoms with Crippen molar-refractivity contribution in [2.24, 2.45) is 0 Å². The Morgan fingerprint density at radius 1 is 0.571 bits per heavy atom.